The van der Waals surface area contributed by atoms with Crippen LogP contribution >= 0.6 is 0 Å². The number of hydrogen-bond donors (Lipinski definition) is 0. The molecular formula is C21H21FN2O4. The maximum absolute atomic E-state index is 13.4. The van der Waals surface area contributed by atoms with E-state index < -0.39 is 5.82 Å². The highest BCUT2D eigenvalue weighted by molar-refractivity contribution is 5.94. The van der Waals surface area contributed by atoms with Crippen LogP contribution in [0, 0.1) is 5.82 Å². The van der Waals surface area contributed by atoms with Crippen molar-refractivity contribution in [2.75, 3.05) is 20.8 Å². The summed E-state index contributed by atoms with van der Waals surface area (Å²) in [5.41, 5.74) is 1.56. The third-order valence-electron chi connectivity index (χ3n) is 4.32. The molecule has 6 nitrogen and oxygen atoms in total. The van der Waals surface area contributed by atoms with Crippen molar-refractivity contribution < 1.29 is 23.2 Å². The maximum atomic E-state index is 13.4. The van der Waals surface area contributed by atoms with E-state index >= 15 is 0 Å². The molecule has 0 radical (unpaired) electrons. The summed E-state index contributed by atoms with van der Waals surface area (Å²) in [7, 11) is 3.15. The standard InChI is InChI=1S/C21H21FN2O4/c1-4-24(21(25)14-6-5-7-15(22)10-14)13-16-11-20(28-23-16)18-12-17(26-2)8-9-19(18)27-3/h5-12H,4,13H2,1-3H3. The highest BCUT2D eigenvalue weighted by atomic mass is 19.1. The first-order valence-corrected chi connectivity index (χ1v) is 8.78. The Hall–Kier alpha value is -3.35. The zero-order valence-corrected chi connectivity index (χ0v) is 15.9. The summed E-state index contributed by atoms with van der Waals surface area (Å²) in [6, 6.07) is 12.7. The Morgan fingerprint density at radius 3 is 2.64 bits per heavy atom. The Bertz CT molecular complexity index is 971. The van der Waals surface area contributed by atoms with Crippen molar-refractivity contribution >= 4 is 5.91 Å². The largest absolute Gasteiger partial charge is 0.497 e. The summed E-state index contributed by atoms with van der Waals surface area (Å²) >= 11 is 0. The maximum Gasteiger partial charge on any atom is 0.254 e. The van der Waals surface area contributed by atoms with Crippen molar-refractivity contribution in [1.29, 1.82) is 0 Å². The minimum Gasteiger partial charge on any atom is -0.497 e. The zero-order valence-electron chi connectivity index (χ0n) is 15.9. The van der Waals surface area contributed by atoms with Gasteiger partial charge in [0.05, 0.1) is 26.3 Å². The van der Waals surface area contributed by atoms with Crippen LogP contribution in [-0.2, 0) is 6.54 Å². The number of methoxy groups -OCH3 is 2. The monoisotopic (exact) mass is 384 g/mol. The smallest absolute Gasteiger partial charge is 0.254 e. The second-order valence-corrected chi connectivity index (χ2v) is 6.08. The van der Waals surface area contributed by atoms with Gasteiger partial charge in [-0.25, -0.2) is 4.39 Å². The van der Waals surface area contributed by atoms with Crippen LogP contribution in [-0.4, -0.2) is 36.7 Å². The lowest BCUT2D eigenvalue weighted by atomic mass is 10.1. The summed E-state index contributed by atoms with van der Waals surface area (Å²) < 4.78 is 29.5. The van der Waals surface area contributed by atoms with Gasteiger partial charge in [0.2, 0.25) is 0 Å². The van der Waals surface area contributed by atoms with Crippen molar-refractivity contribution in [2.45, 2.75) is 13.5 Å². The van der Waals surface area contributed by atoms with E-state index in [4.69, 9.17) is 14.0 Å². The molecule has 1 aromatic heterocycles. The van der Waals surface area contributed by atoms with Gasteiger partial charge in [-0.3, -0.25) is 4.79 Å². The van der Waals surface area contributed by atoms with Gasteiger partial charge >= 0.3 is 0 Å². The lowest BCUT2D eigenvalue weighted by Crippen LogP contribution is -2.30. The molecule has 3 aromatic rings. The Balaban J connectivity index is 1.83. The van der Waals surface area contributed by atoms with Crippen molar-refractivity contribution in [2.24, 2.45) is 0 Å². The van der Waals surface area contributed by atoms with Crippen LogP contribution in [0.25, 0.3) is 11.3 Å². The summed E-state index contributed by atoms with van der Waals surface area (Å²) in [5, 5.41) is 4.07. The van der Waals surface area contributed by atoms with E-state index in [1.807, 2.05) is 6.92 Å². The Kier molecular flexibility index (Phi) is 5.93. The molecule has 28 heavy (non-hydrogen) atoms. The molecule has 0 aliphatic rings. The minimum absolute atomic E-state index is 0.238. The molecule has 7 heteroatoms. The van der Waals surface area contributed by atoms with Crippen LogP contribution in [0.15, 0.2) is 53.1 Å². The Morgan fingerprint density at radius 2 is 1.96 bits per heavy atom. The fourth-order valence-electron chi connectivity index (χ4n) is 2.85. The van der Waals surface area contributed by atoms with Gasteiger partial charge in [0.25, 0.3) is 5.91 Å². The molecule has 0 N–H and O–H groups in total. The van der Waals surface area contributed by atoms with E-state index in [9.17, 15) is 9.18 Å². The number of hydrogen-bond acceptors (Lipinski definition) is 5. The van der Waals surface area contributed by atoms with E-state index in [0.29, 0.717) is 40.6 Å². The number of benzene rings is 2. The molecule has 1 amide bonds. The number of aromatic nitrogens is 1. The molecule has 146 valence electrons. The van der Waals surface area contributed by atoms with Crippen LogP contribution in [0.5, 0.6) is 11.5 Å². The predicted molar refractivity (Wildman–Crippen MR) is 102 cm³/mol. The molecule has 0 atom stereocenters. The normalized spacial score (nSPS) is 10.6. The first kappa shape index (κ1) is 19.4. The predicted octanol–water partition coefficient (Wildman–Crippen LogP) is 4.16. The summed E-state index contributed by atoms with van der Waals surface area (Å²) in [4.78, 5) is 14.2. The highest BCUT2D eigenvalue weighted by Crippen LogP contribution is 2.34. The average molecular weight is 384 g/mol. The first-order chi connectivity index (χ1) is 13.5. The number of carbonyl (C=O) groups excluding carboxylic acids is 1. The first-order valence-electron chi connectivity index (χ1n) is 8.78. The van der Waals surface area contributed by atoms with Crippen molar-refractivity contribution in [3.8, 4) is 22.8 Å². The van der Waals surface area contributed by atoms with Crippen molar-refractivity contribution in [3.63, 3.8) is 0 Å². The van der Waals surface area contributed by atoms with Crippen LogP contribution in [0.3, 0.4) is 0 Å². The average Bonchev–Trinajstić information content (AvgIpc) is 3.19. The molecule has 1 heterocycles. The quantitative estimate of drug-likeness (QED) is 0.612. The number of ether oxygens (including phenoxy) is 2. The fraction of sp³-hybridized carbons (Fsp3) is 0.238. The molecule has 0 bridgehead atoms. The molecule has 2 aromatic carbocycles. The third-order valence-corrected chi connectivity index (χ3v) is 4.32. The molecular weight excluding hydrogens is 363 g/mol. The van der Waals surface area contributed by atoms with E-state index in [0.717, 1.165) is 0 Å². The van der Waals surface area contributed by atoms with Crippen LogP contribution in [0.4, 0.5) is 4.39 Å². The molecule has 0 fully saturated rings. The van der Waals surface area contributed by atoms with E-state index in [-0.39, 0.29) is 12.5 Å². The topological polar surface area (TPSA) is 64.8 Å². The lowest BCUT2D eigenvalue weighted by molar-refractivity contribution is 0.0748. The number of nitrogens with zero attached hydrogens (tertiary/aromatic N) is 2. The van der Waals surface area contributed by atoms with Gasteiger partial charge in [0, 0.05) is 18.2 Å². The molecule has 3 rings (SSSR count). The number of amides is 1. The molecule has 0 aliphatic carbocycles. The Labute approximate surface area is 162 Å². The van der Waals surface area contributed by atoms with E-state index in [1.165, 1.54) is 18.2 Å². The molecule has 0 aliphatic heterocycles. The van der Waals surface area contributed by atoms with E-state index in [1.54, 1.807) is 49.5 Å². The van der Waals surface area contributed by atoms with Gasteiger partial charge in [0.15, 0.2) is 5.76 Å². The summed E-state index contributed by atoms with van der Waals surface area (Å²) in [6.07, 6.45) is 0. The number of rotatable bonds is 7. The number of halogens is 1. The second-order valence-electron chi connectivity index (χ2n) is 6.08. The Morgan fingerprint density at radius 1 is 1.14 bits per heavy atom. The zero-order chi connectivity index (χ0) is 20.1. The van der Waals surface area contributed by atoms with E-state index in [2.05, 4.69) is 5.16 Å². The summed E-state index contributed by atoms with van der Waals surface area (Å²) in [6.45, 7) is 2.53. The molecule has 0 unspecified atom stereocenters. The van der Waals surface area contributed by atoms with Gasteiger partial charge < -0.3 is 18.9 Å². The van der Waals surface area contributed by atoms with Crippen molar-refractivity contribution in [3.05, 3.63) is 65.6 Å². The molecule has 0 spiro atoms. The SMILES string of the molecule is CCN(Cc1cc(-c2cc(OC)ccc2OC)on1)C(=O)c1cccc(F)c1. The highest BCUT2D eigenvalue weighted by Gasteiger charge is 2.19. The molecule has 0 saturated carbocycles. The van der Waals surface area contributed by atoms with Gasteiger partial charge in [-0.2, -0.15) is 0 Å². The van der Waals surface area contributed by atoms with Gasteiger partial charge in [-0.05, 0) is 43.3 Å². The minimum atomic E-state index is -0.448. The van der Waals surface area contributed by atoms with Crippen LogP contribution in [0.2, 0.25) is 0 Å². The van der Waals surface area contributed by atoms with Gasteiger partial charge in [-0.15, -0.1) is 0 Å². The number of carbonyl (C=O) groups is 1. The molecule has 0 saturated heterocycles. The lowest BCUT2D eigenvalue weighted by Gasteiger charge is -2.19. The third kappa shape index (κ3) is 4.14. The van der Waals surface area contributed by atoms with Crippen LogP contribution < -0.4 is 9.47 Å². The van der Waals surface area contributed by atoms with Gasteiger partial charge in [-0.1, -0.05) is 11.2 Å². The summed E-state index contributed by atoms with van der Waals surface area (Å²) in [5.74, 6) is 1.05. The fourth-order valence-corrected chi connectivity index (χ4v) is 2.85. The van der Waals surface area contributed by atoms with Gasteiger partial charge in [0.1, 0.15) is 23.0 Å². The van der Waals surface area contributed by atoms with Crippen molar-refractivity contribution in [1.82, 2.24) is 10.1 Å². The second kappa shape index (κ2) is 8.56. The van der Waals surface area contributed by atoms with Crippen LogP contribution in [0.1, 0.15) is 23.0 Å².